The van der Waals surface area contributed by atoms with Gasteiger partial charge in [-0.15, -0.1) is 0 Å². The lowest BCUT2D eigenvalue weighted by Gasteiger charge is -2.39. The topological polar surface area (TPSA) is 295 Å². The van der Waals surface area contributed by atoms with Crippen LogP contribution in [-0.2, 0) is 80.9 Å². The predicted molar refractivity (Wildman–Crippen MR) is 345 cm³/mol. The summed E-state index contributed by atoms with van der Waals surface area (Å²) in [6, 6.07) is 18.3. The van der Waals surface area contributed by atoms with Crippen molar-refractivity contribution >= 4 is 102 Å². The smallest absolute Gasteiger partial charge is 0.410 e. The van der Waals surface area contributed by atoms with Crippen molar-refractivity contribution in [2.24, 2.45) is 17.8 Å². The second kappa shape index (κ2) is 38.0. The van der Waals surface area contributed by atoms with E-state index in [1.807, 2.05) is 44.2 Å². The molecule has 90 heavy (non-hydrogen) atoms. The number of hydrogen-bond donors (Lipinski definition) is 5. The number of alkyl halides is 2. The molecular weight excluding hydrogens is 1290 g/mol. The first-order valence-corrected chi connectivity index (χ1v) is 32.5. The number of nitrogens with one attached hydrogen (secondary N) is 5. The molecule has 3 aromatic carbocycles. The number of ether oxygens (including phenoxy) is 5. The molecule has 4 aromatic rings. The second-order valence-electron chi connectivity index (χ2n) is 22.5. The van der Waals surface area contributed by atoms with Crippen molar-refractivity contribution in [2.75, 3.05) is 86.2 Å². The third-order valence-electron chi connectivity index (χ3n) is 15.9. The van der Waals surface area contributed by atoms with Gasteiger partial charge in [-0.2, -0.15) is 0 Å². The summed E-state index contributed by atoms with van der Waals surface area (Å²) in [6.07, 6.45) is 0.707. The van der Waals surface area contributed by atoms with E-state index in [-0.39, 0.29) is 88.5 Å². The lowest BCUT2D eigenvalue weighted by Crippen LogP contribution is -2.56. The van der Waals surface area contributed by atoms with Crippen molar-refractivity contribution in [3.63, 3.8) is 0 Å². The number of aldehydes is 1. The molecule has 1 unspecified atom stereocenters. The normalized spacial score (nSPS) is 15.3. The maximum absolute atomic E-state index is 14.3. The summed E-state index contributed by atoms with van der Waals surface area (Å²) < 4.78 is 28.5. The minimum absolute atomic E-state index is 0.0187. The number of anilines is 1. The number of carbonyl (C=O) groups excluding carboxylic acids is 9. The molecule has 0 spiro atoms. The molecule has 5 N–H and O–H groups in total. The number of rotatable bonds is 37. The first-order chi connectivity index (χ1) is 43.2. The molecule has 1 saturated heterocycles. The molecule has 26 heteroatoms. The summed E-state index contributed by atoms with van der Waals surface area (Å²) in [4.78, 5) is 132. The Bertz CT molecular complexity index is 3020. The first kappa shape index (κ1) is 73.8. The molecule has 0 saturated carbocycles. The molecule has 24 nitrogen and oxygen atoms in total. The molecule has 1 fully saturated rings. The van der Waals surface area contributed by atoms with Gasteiger partial charge in [-0.25, -0.2) is 14.8 Å². The van der Waals surface area contributed by atoms with Gasteiger partial charge in [0.2, 0.25) is 35.4 Å². The highest BCUT2D eigenvalue weighted by Crippen LogP contribution is 2.30. The number of likely N-dealkylation sites (tertiary alicyclic amines) is 1. The van der Waals surface area contributed by atoms with Crippen LogP contribution >= 0.6 is 31.9 Å². The lowest BCUT2D eigenvalue weighted by molar-refractivity contribution is -0.146. The van der Waals surface area contributed by atoms with Crippen LogP contribution in [0.1, 0.15) is 99.6 Å². The van der Waals surface area contributed by atoms with Gasteiger partial charge in [0, 0.05) is 69.7 Å². The Morgan fingerprint density at radius 1 is 0.756 bits per heavy atom. The zero-order valence-corrected chi connectivity index (χ0v) is 56.1. The molecule has 1 aromatic heterocycles. The number of hydrogen-bond acceptors (Lipinski definition) is 16. The molecule has 0 radical (unpaired) electrons. The molecule has 1 aliphatic heterocycles. The predicted octanol–water partition coefficient (Wildman–Crippen LogP) is 5.88. The minimum atomic E-state index is -1.02. The van der Waals surface area contributed by atoms with Crippen LogP contribution in [0.5, 0.6) is 0 Å². The molecule has 2 heterocycles. The van der Waals surface area contributed by atoms with E-state index in [0.717, 1.165) is 17.0 Å². The third-order valence-corrected chi connectivity index (χ3v) is 16.9. The summed E-state index contributed by atoms with van der Waals surface area (Å²) in [5.74, 6) is -3.97. The summed E-state index contributed by atoms with van der Waals surface area (Å²) in [7, 11) is 6.03. The Morgan fingerprint density at radius 2 is 1.43 bits per heavy atom. The Morgan fingerprint density at radius 3 is 2.07 bits per heavy atom. The van der Waals surface area contributed by atoms with E-state index in [9.17, 15) is 43.2 Å². The van der Waals surface area contributed by atoms with Gasteiger partial charge in [0.25, 0.3) is 5.91 Å². The van der Waals surface area contributed by atoms with Gasteiger partial charge in [0.1, 0.15) is 18.9 Å². The van der Waals surface area contributed by atoms with Crippen molar-refractivity contribution in [3.05, 3.63) is 101 Å². The molecule has 0 bridgehead atoms. The molecule has 492 valence electrons. The van der Waals surface area contributed by atoms with E-state index in [0.29, 0.717) is 77.0 Å². The summed E-state index contributed by atoms with van der Waals surface area (Å²) in [6.45, 7) is 9.87. The van der Waals surface area contributed by atoms with E-state index >= 15 is 0 Å². The molecule has 8 atom stereocenters. The highest BCUT2D eigenvalue weighted by molar-refractivity contribution is 9.09. The molecule has 0 aliphatic carbocycles. The van der Waals surface area contributed by atoms with Crippen molar-refractivity contribution < 1.29 is 66.8 Å². The van der Waals surface area contributed by atoms with E-state index in [1.54, 1.807) is 75.2 Å². The highest BCUT2D eigenvalue weighted by Gasteiger charge is 2.42. The Hall–Kier alpha value is -6.97. The van der Waals surface area contributed by atoms with Crippen molar-refractivity contribution in [1.29, 1.82) is 0 Å². The number of halogens is 2. The highest BCUT2D eigenvalue weighted by atomic mass is 79.9. The average molecular weight is 1380 g/mol. The van der Waals surface area contributed by atoms with Gasteiger partial charge in [0.15, 0.2) is 0 Å². The first-order valence-electron chi connectivity index (χ1n) is 30.3. The standard InChI is InChI=1S/C64H88Br2N10O14/c1-10-41(4)59(53(86-8)33-56(80)76-26-14-17-52(76)60(87-9)42(5)61(82)71-47(38-77)31-43-15-12-11-13-16-43)74(6)57(81)37-69-63(84)58(40(2)3)75(7)64(85)90-39-44-18-21-46(22-19-44)70-55(79)36-68-54(78)24-27-88-29-30-89-28-25-67-62(83)45-20-23-48-49(32-45)73-51(35-66)50(34-65)72-48/h11-13,15-16,18-23,32,38,40-42,47,52-53,58-60H,10,14,17,24-31,33-37,39H2,1-9H3,(H,67,83)(H,68,78)(H,69,84)(H,70,79)(H,71,82)/t41-,42+,47-,52-,53+,58?,59-,60+/m0/s1. The molecular formula is C64H88Br2N10O14. The zero-order valence-electron chi connectivity index (χ0n) is 52.9. The quantitative estimate of drug-likeness (QED) is 0.0200. The number of likely N-dealkylation sites (N-methyl/N-ethyl adjacent to an activating group) is 2. The SMILES string of the molecule is CC[C@H](C)[C@@H]([C@@H](CC(=O)N1CCC[C@H]1[C@H](OC)[C@@H](C)C(=O)N[C@H](C=O)Cc1ccccc1)OC)N(C)C(=O)CNC(=O)C(C(C)C)N(C)C(=O)OCc1ccc(NC(=O)CNC(=O)CCOCCOCCNC(=O)c2ccc3nc(CBr)c(CBr)nc3c2)cc1. The van der Waals surface area contributed by atoms with E-state index < -0.39 is 78.6 Å². The van der Waals surface area contributed by atoms with E-state index in [2.05, 4.69) is 68.4 Å². The largest absolute Gasteiger partial charge is 0.445 e. The monoisotopic (exact) mass is 1380 g/mol. The maximum Gasteiger partial charge on any atom is 0.410 e. The number of aromatic nitrogens is 2. The third kappa shape index (κ3) is 22.2. The van der Waals surface area contributed by atoms with Crippen molar-refractivity contribution in [2.45, 2.75) is 127 Å². The number of methoxy groups -OCH3 is 2. The average Bonchev–Trinajstić information content (AvgIpc) is 1.30. The number of nitrogens with zero attached hydrogens (tertiary/aromatic N) is 5. The zero-order chi connectivity index (χ0) is 65.9. The number of amides is 8. The van der Waals surface area contributed by atoms with Gasteiger partial charge in [-0.3, -0.25) is 38.5 Å². The van der Waals surface area contributed by atoms with E-state index in [4.69, 9.17) is 23.7 Å². The second-order valence-corrected chi connectivity index (χ2v) is 23.6. The summed E-state index contributed by atoms with van der Waals surface area (Å²) >= 11 is 6.86. The van der Waals surface area contributed by atoms with Crippen LogP contribution in [0.4, 0.5) is 10.5 Å². The van der Waals surface area contributed by atoms with Gasteiger partial charge in [-0.1, -0.05) is 115 Å². The van der Waals surface area contributed by atoms with Crippen LogP contribution in [0.3, 0.4) is 0 Å². The summed E-state index contributed by atoms with van der Waals surface area (Å²) in [5, 5.41) is 14.7. The number of carbonyl (C=O) groups is 9. The Kier molecular flexibility index (Phi) is 31.2. The van der Waals surface area contributed by atoms with Crippen molar-refractivity contribution in [1.82, 2.24) is 45.9 Å². The molecule has 8 amide bonds. The van der Waals surface area contributed by atoms with Gasteiger partial charge < -0.3 is 64.9 Å². The van der Waals surface area contributed by atoms with Crippen LogP contribution in [-0.4, -0.2) is 196 Å². The van der Waals surface area contributed by atoms with Gasteiger partial charge in [-0.05, 0) is 72.6 Å². The van der Waals surface area contributed by atoms with Crippen LogP contribution in [0, 0.1) is 17.8 Å². The number of fused-ring (bicyclic) bond motifs is 1. The van der Waals surface area contributed by atoms with Gasteiger partial charge >= 0.3 is 6.09 Å². The minimum Gasteiger partial charge on any atom is -0.445 e. The number of benzene rings is 3. The fraction of sp³-hybridized carbons (Fsp3) is 0.547. The van der Waals surface area contributed by atoms with Crippen molar-refractivity contribution in [3.8, 4) is 0 Å². The summed E-state index contributed by atoms with van der Waals surface area (Å²) in [5.41, 5.74) is 5.33. The van der Waals surface area contributed by atoms with Crippen LogP contribution < -0.4 is 26.6 Å². The Balaban J connectivity index is 0.993. The van der Waals surface area contributed by atoms with E-state index in [1.165, 1.54) is 31.1 Å². The lowest BCUT2D eigenvalue weighted by atomic mass is 9.90. The van der Waals surface area contributed by atoms with Crippen LogP contribution in [0.15, 0.2) is 72.8 Å². The fourth-order valence-electron chi connectivity index (χ4n) is 10.8. The molecule has 5 rings (SSSR count). The van der Waals surface area contributed by atoms with Gasteiger partial charge in [0.05, 0.1) is 105 Å². The maximum atomic E-state index is 14.3. The fourth-order valence-corrected chi connectivity index (χ4v) is 11.7. The van der Waals surface area contributed by atoms with Crippen LogP contribution in [0.25, 0.3) is 11.0 Å². The molecule has 1 aliphatic rings. The Labute approximate surface area is 544 Å². The van der Waals surface area contributed by atoms with Crippen LogP contribution in [0.2, 0.25) is 0 Å².